The third-order valence-electron chi connectivity index (χ3n) is 6.73. The smallest absolute Gasteiger partial charge is 0.115 e. The molecule has 0 unspecified atom stereocenters. The fourth-order valence-corrected chi connectivity index (χ4v) is 5.56. The average molecular weight is 315 g/mol. The second-order valence-corrected chi connectivity index (χ2v) is 7.71. The Kier molecular flexibility index (Phi) is 3.41. The van der Waals surface area contributed by atoms with Gasteiger partial charge in [0.1, 0.15) is 19.0 Å². The van der Waals surface area contributed by atoms with Gasteiger partial charge in [0.05, 0.1) is 5.71 Å². The molecule has 5 atom stereocenters. The van der Waals surface area contributed by atoms with Crippen LogP contribution in [0.15, 0.2) is 23.4 Å². The normalized spacial score (nSPS) is 40.4. The largest absolute Gasteiger partial charge is 0.508 e. The van der Waals surface area contributed by atoms with E-state index < -0.39 is 6.10 Å². The van der Waals surface area contributed by atoms with E-state index in [1.54, 1.807) is 7.11 Å². The van der Waals surface area contributed by atoms with Crippen LogP contribution in [0.25, 0.3) is 0 Å². The first-order valence-corrected chi connectivity index (χ1v) is 8.64. The molecule has 0 aliphatic heterocycles. The SMILES string of the molecule is CO/N=C1/C[C@H]2[C@@H]3CCc4cc(O)ccc4[C@H]3CC[C@]2(C)[C@H]1O. The van der Waals surface area contributed by atoms with Crippen LogP contribution in [0.3, 0.4) is 0 Å². The maximum absolute atomic E-state index is 10.8. The van der Waals surface area contributed by atoms with Crippen molar-refractivity contribution in [3.05, 3.63) is 29.3 Å². The van der Waals surface area contributed by atoms with Crippen molar-refractivity contribution >= 4 is 5.71 Å². The van der Waals surface area contributed by atoms with E-state index in [0.29, 0.717) is 23.5 Å². The van der Waals surface area contributed by atoms with Crippen LogP contribution in [-0.2, 0) is 11.3 Å². The predicted octanol–water partition coefficient (Wildman–Crippen LogP) is 3.22. The molecular formula is C19H25NO3. The van der Waals surface area contributed by atoms with Gasteiger partial charge in [-0.1, -0.05) is 18.1 Å². The maximum atomic E-state index is 10.8. The van der Waals surface area contributed by atoms with Crippen LogP contribution in [0, 0.1) is 17.3 Å². The Hall–Kier alpha value is -1.55. The van der Waals surface area contributed by atoms with E-state index in [-0.39, 0.29) is 5.41 Å². The number of fused-ring (bicyclic) bond motifs is 5. The number of phenolic OH excluding ortho intramolecular Hbond substituents is 1. The summed E-state index contributed by atoms with van der Waals surface area (Å²) in [5.74, 6) is 1.97. The van der Waals surface area contributed by atoms with Crippen LogP contribution in [0.1, 0.15) is 49.7 Å². The molecule has 0 amide bonds. The molecule has 4 nitrogen and oxygen atoms in total. The Morgan fingerprint density at radius 3 is 2.91 bits per heavy atom. The summed E-state index contributed by atoms with van der Waals surface area (Å²) in [6, 6.07) is 5.86. The molecule has 23 heavy (non-hydrogen) atoms. The monoisotopic (exact) mass is 315 g/mol. The summed E-state index contributed by atoms with van der Waals surface area (Å²) < 4.78 is 0. The number of hydrogen-bond acceptors (Lipinski definition) is 4. The van der Waals surface area contributed by atoms with Crippen molar-refractivity contribution in [2.24, 2.45) is 22.4 Å². The quantitative estimate of drug-likeness (QED) is 0.782. The minimum absolute atomic E-state index is 0.0764. The topological polar surface area (TPSA) is 62.0 Å². The zero-order chi connectivity index (χ0) is 16.2. The standard InChI is InChI=1S/C19H25NO3/c1-19-8-7-14-13-6-4-12(21)9-11(13)3-5-15(14)16(19)10-17(18(19)22)20-23-2/h4,6,9,14-16,18,21-22H,3,5,7-8,10H2,1-2H3/b20-17-/t14-,15-,16+,18+,19+/m1/s1. The highest BCUT2D eigenvalue weighted by Crippen LogP contribution is 2.60. The number of phenols is 1. The van der Waals surface area contributed by atoms with Gasteiger partial charge < -0.3 is 15.1 Å². The van der Waals surface area contributed by atoms with Gasteiger partial charge in [-0.25, -0.2) is 0 Å². The summed E-state index contributed by atoms with van der Waals surface area (Å²) in [6.07, 6.45) is 4.64. The van der Waals surface area contributed by atoms with Crippen LogP contribution in [0.5, 0.6) is 5.75 Å². The average Bonchev–Trinajstić information content (AvgIpc) is 2.79. The highest BCUT2D eigenvalue weighted by atomic mass is 16.6. The van der Waals surface area contributed by atoms with Crippen molar-refractivity contribution in [3.63, 3.8) is 0 Å². The molecule has 0 heterocycles. The fraction of sp³-hybridized carbons (Fsp3) is 0.632. The molecule has 0 aromatic heterocycles. The zero-order valence-corrected chi connectivity index (χ0v) is 13.8. The number of hydrogen-bond donors (Lipinski definition) is 2. The molecule has 1 aromatic carbocycles. The maximum Gasteiger partial charge on any atom is 0.115 e. The van der Waals surface area contributed by atoms with Gasteiger partial charge in [-0.15, -0.1) is 0 Å². The van der Waals surface area contributed by atoms with Gasteiger partial charge >= 0.3 is 0 Å². The zero-order valence-electron chi connectivity index (χ0n) is 13.8. The first kappa shape index (κ1) is 15.0. The molecule has 0 spiro atoms. The third kappa shape index (κ3) is 2.11. The minimum atomic E-state index is -0.477. The van der Waals surface area contributed by atoms with Crippen LogP contribution in [0.4, 0.5) is 0 Å². The summed E-state index contributed by atoms with van der Waals surface area (Å²) in [5, 5.41) is 24.6. The molecule has 0 bridgehead atoms. The number of rotatable bonds is 1. The van der Waals surface area contributed by atoms with Crippen molar-refractivity contribution in [1.29, 1.82) is 0 Å². The van der Waals surface area contributed by atoms with E-state index in [4.69, 9.17) is 4.84 Å². The van der Waals surface area contributed by atoms with E-state index >= 15 is 0 Å². The van der Waals surface area contributed by atoms with Gasteiger partial charge in [0.2, 0.25) is 0 Å². The molecule has 124 valence electrons. The molecule has 1 aromatic rings. The third-order valence-corrected chi connectivity index (χ3v) is 6.73. The number of oxime groups is 1. The minimum Gasteiger partial charge on any atom is -0.508 e. The van der Waals surface area contributed by atoms with Crippen molar-refractivity contribution in [1.82, 2.24) is 0 Å². The Morgan fingerprint density at radius 1 is 1.30 bits per heavy atom. The van der Waals surface area contributed by atoms with Crippen molar-refractivity contribution < 1.29 is 15.1 Å². The highest BCUT2D eigenvalue weighted by molar-refractivity contribution is 5.91. The van der Waals surface area contributed by atoms with E-state index in [1.807, 2.05) is 12.1 Å². The molecule has 3 aliphatic rings. The lowest BCUT2D eigenvalue weighted by atomic mass is 9.55. The summed E-state index contributed by atoms with van der Waals surface area (Å²) in [5.41, 5.74) is 3.46. The lowest BCUT2D eigenvalue weighted by Gasteiger charge is -2.49. The Balaban J connectivity index is 1.70. The van der Waals surface area contributed by atoms with Gasteiger partial charge in [-0.05, 0) is 73.1 Å². The van der Waals surface area contributed by atoms with Crippen LogP contribution >= 0.6 is 0 Å². The molecular weight excluding hydrogens is 290 g/mol. The predicted molar refractivity (Wildman–Crippen MR) is 88.6 cm³/mol. The van der Waals surface area contributed by atoms with Gasteiger partial charge in [0.15, 0.2) is 0 Å². The number of aliphatic hydroxyl groups is 1. The lowest BCUT2D eigenvalue weighted by molar-refractivity contribution is -0.0122. The summed E-state index contributed by atoms with van der Waals surface area (Å²) in [7, 11) is 1.55. The fourth-order valence-electron chi connectivity index (χ4n) is 5.56. The van der Waals surface area contributed by atoms with Crippen molar-refractivity contribution in [2.45, 2.75) is 51.0 Å². The van der Waals surface area contributed by atoms with Gasteiger partial charge in [0.25, 0.3) is 0 Å². The van der Waals surface area contributed by atoms with E-state index in [1.165, 1.54) is 11.1 Å². The molecule has 3 aliphatic carbocycles. The lowest BCUT2D eigenvalue weighted by Crippen LogP contribution is -2.44. The summed E-state index contributed by atoms with van der Waals surface area (Å²) in [4.78, 5) is 4.95. The Morgan fingerprint density at radius 2 is 2.13 bits per heavy atom. The number of aromatic hydroxyl groups is 1. The highest BCUT2D eigenvalue weighted by Gasteiger charge is 2.57. The second kappa shape index (κ2) is 5.23. The van der Waals surface area contributed by atoms with E-state index in [2.05, 4.69) is 18.1 Å². The number of aryl methyl sites for hydroxylation is 1. The summed E-state index contributed by atoms with van der Waals surface area (Å²) in [6.45, 7) is 2.23. The van der Waals surface area contributed by atoms with Gasteiger partial charge in [-0.2, -0.15) is 0 Å². The van der Waals surface area contributed by atoms with Gasteiger partial charge in [-0.3, -0.25) is 0 Å². The number of nitrogens with zero attached hydrogens (tertiary/aromatic N) is 1. The Labute approximate surface area is 137 Å². The molecule has 2 N–H and O–H groups in total. The van der Waals surface area contributed by atoms with Crippen LogP contribution < -0.4 is 0 Å². The van der Waals surface area contributed by atoms with Crippen LogP contribution in [0.2, 0.25) is 0 Å². The molecule has 4 heteroatoms. The van der Waals surface area contributed by atoms with E-state index in [0.717, 1.165) is 37.8 Å². The summed E-state index contributed by atoms with van der Waals surface area (Å²) >= 11 is 0. The van der Waals surface area contributed by atoms with Crippen LogP contribution in [-0.4, -0.2) is 29.1 Å². The molecule has 0 radical (unpaired) electrons. The second-order valence-electron chi connectivity index (χ2n) is 7.71. The van der Waals surface area contributed by atoms with Crippen molar-refractivity contribution in [3.8, 4) is 5.75 Å². The molecule has 2 fully saturated rings. The molecule has 0 saturated heterocycles. The van der Waals surface area contributed by atoms with E-state index in [9.17, 15) is 10.2 Å². The Bertz CT molecular complexity index is 656. The molecule has 4 rings (SSSR count). The molecule has 2 saturated carbocycles. The first-order valence-electron chi connectivity index (χ1n) is 8.64. The number of aliphatic hydroxyl groups excluding tert-OH is 1. The van der Waals surface area contributed by atoms with Crippen molar-refractivity contribution in [2.75, 3.05) is 7.11 Å². The number of benzene rings is 1. The van der Waals surface area contributed by atoms with Gasteiger partial charge in [0, 0.05) is 5.41 Å². The first-order chi connectivity index (χ1) is 11.0.